The van der Waals surface area contributed by atoms with Gasteiger partial charge in [0.2, 0.25) is 0 Å². The van der Waals surface area contributed by atoms with Gasteiger partial charge in [-0.15, -0.1) is 12.6 Å². The zero-order valence-electron chi connectivity index (χ0n) is 17.2. The molecule has 0 spiro atoms. The van der Waals surface area contributed by atoms with Gasteiger partial charge in [0.05, 0.1) is 18.2 Å². The zero-order chi connectivity index (χ0) is 22.7. The van der Waals surface area contributed by atoms with Crippen LogP contribution in [0.4, 0.5) is 0 Å². The average Bonchev–Trinajstić information content (AvgIpc) is 2.81. The lowest BCUT2D eigenvalue weighted by atomic mass is 9.74. The molecule has 32 heavy (non-hydrogen) atoms. The first-order valence-corrected chi connectivity index (χ1v) is 11.0. The number of hydrogen-bond donors (Lipinski definition) is 1. The maximum absolute atomic E-state index is 9.85. The number of thiol groups is 1. The summed E-state index contributed by atoms with van der Waals surface area (Å²) >= 11 is 10.9. The van der Waals surface area contributed by atoms with Gasteiger partial charge in [-0.2, -0.15) is 5.26 Å². The number of ether oxygens (including phenoxy) is 4. The summed E-state index contributed by atoms with van der Waals surface area (Å²) in [6, 6.07) is 16.4. The van der Waals surface area contributed by atoms with Crippen LogP contribution in [-0.4, -0.2) is 37.0 Å². The van der Waals surface area contributed by atoms with Crippen molar-refractivity contribution in [2.45, 2.75) is 42.5 Å². The fourth-order valence-electron chi connectivity index (χ4n) is 4.32. The zero-order valence-corrected chi connectivity index (χ0v) is 18.8. The number of hydrogen-bond acceptors (Lipinski definition) is 7. The quantitative estimate of drug-likeness (QED) is 0.288. The van der Waals surface area contributed by atoms with Gasteiger partial charge in [-0.25, -0.2) is 0 Å². The van der Waals surface area contributed by atoms with Gasteiger partial charge >= 0.3 is 0 Å². The molecule has 2 unspecified atom stereocenters. The summed E-state index contributed by atoms with van der Waals surface area (Å²) in [6.45, 7) is 2.28. The summed E-state index contributed by atoms with van der Waals surface area (Å²) in [5.74, 6) is 0. The van der Waals surface area contributed by atoms with E-state index in [1.807, 2.05) is 37.3 Å². The van der Waals surface area contributed by atoms with Crippen LogP contribution in [0.1, 0.15) is 29.9 Å². The fraction of sp³-hybridized carbons (Fsp3) is 0.409. The Morgan fingerprint density at radius 1 is 1.31 bits per heavy atom. The Morgan fingerprint density at radius 2 is 2.09 bits per heavy atom. The Hall–Kier alpha value is -2.28. The summed E-state index contributed by atoms with van der Waals surface area (Å²) in [6.07, 6.45) is -3.03. The van der Waals surface area contributed by atoms with Gasteiger partial charge in [0.1, 0.15) is 29.3 Å². The first kappa shape index (κ1) is 22.9. The van der Waals surface area contributed by atoms with E-state index in [2.05, 4.69) is 28.7 Å². The SMILES string of the molecule is CCO[C@H]1[C@@H](S)O[C@@H]2COC(c3ccccc3)O[C@@H]2C1(N=[N+]=[N-])c1cc(Cl)ccc1C#N. The molecule has 2 aromatic carbocycles. The number of azide groups is 1. The van der Waals surface area contributed by atoms with Gasteiger partial charge in [-0.3, -0.25) is 0 Å². The Balaban J connectivity index is 1.92. The maximum Gasteiger partial charge on any atom is 0.184 e. The second-order valence-electron chi connectivity index (χ2n) is 7.39. The standard InChI is InChI=1S/C22H21ClN4O4S/c1-2-28-19-21(32)30-17-12-29-20(13-6-4-3-5-7-13)31-18(17)22(19,26-27-25)16-10-15(23)9-8-14(16)11-24/h3-10,17-21,32H,2,12H2,1H3/t17-,18+,19+,20?,21-,22?/m1/s1. The molecule has 0 radical (unpaired) electrons. The highest BCUT2D eigenvalue weighted by atomic mass is 35.5. The third kappa shape index (κ3) is 3.96. The van der Waals surface area contributed by atoms with Crippen molar-refractivity contribution in [1.82, 2.24) is 0 Å². The molecule has 0 N–H and O–H groups in total. The van der Waals surface area contributed by atoms with E-state index in [9.17, 15) is 10.8 Å². The minimum Gasteiger partial charge on any atom is -0.374 e. The van der Waals surface area contributed by atoms with E-state index in [1.165, 1.54) is 0 Å². The molecule has 0 aromatic heterocycles. The second kappa shape index (κ2) is 9.69. The highest BCUT2D eigenvalue weighted by Gasteiger charge is 2.61. The second-order valence-corrected chi connectivity index (χ2v) is 8.34. The van der Waals surface area contributed by atoms with Crippen LogP contribution in [0.3, 0.4) is 0 Å². The molecule has 166 valence electrons. The maximum atomic E-state index is 9.85. The minimum atomic E-state index is -1.48. The molecule has 2 saturated heterocycles. The van der Waals surface area contributed by atoms with Crippen LogP contribution < -0.4 is 0 Å². The smallest absolute Gasteiger partial charge is 0.184 e. The van der Waals surface area contributed by atoms with E-state index in [1.54, 1.807) is 18.2 Å². The van der Waals surface area contributed by atoms with Crippen LogP contribution in [-0.2, 0) is 24.5 Å². The Kier molecular flexibility index (Phi) is 6.93. The van der Waals surface area contributed by atoms with E-state index in [0.29, 0.717) is 22.8 Å². The largest absolute Gasteiger partial charge is 0.374 e. The number of nitriles is 1. The van der Waals surface area contributed by atoms with Crippen molar-refractivity contribution in [3.63, 3.8) is 0 Å². The lowest BCUT2D eigenvalue weighted by molar-refractivity contribution is -0.319. The number of halogens is 1. The number of benzene rings is 2. The van der Waals surface area contributed by atoms with Crippen molar-refractivity contribution in [2.24, 2.45) is 5.11 Å². The van der Waals surface area contributed by atoms with Gasteiger partial charge in [0.15, 0.2) is 6.29 Å². The van der Waals surface area contributed by atoms with Gasteiger partial charge in [0, 0.05) is 22.1 Å². The third-order valence-electron chi connectivity index (χ3n) is 5.62. The topological polar surface area (TPSA) is 109 Å². The van der Waals surface area contributed by atoms with Crippen molar-refractivity contribution in [3.8, 4) is 6.07 Å². The van der Waals surface area contributed by atoms with Crippen LogP contribution >= 0.6 is 24.2 Å². The molecular weight excluding hydrogens is 452 g/mol. The molecule has 2 aliphatic heterocycles. The Bertz CT molecular complexity index is 1060. The molecule has 0 amide bonds. The van der Waals surface area contributed by atoms with Crippen molar-refractivity contribution < 1.29 is 18.9 Å². The predicted molar refractivity (Wildman–Crippen MR) is 120 cm³/mol. The molecule has 4 rings (SSSR count). The first-order valence-electron chi connectivity index (χ1n) is 10.1. The molecule has 2 aromatic rings. The molecule has 0 bridgehead atoms. The highest BCUT2D eigenvalue weighted by molar-refractivity contribution is 7.80. The third-order valence-corrected chi connectivity index (χ3v) is 6.25. The minimum absolute atomic E-state index is 0.172. The summed E-state index contributed by atoms with van der Waals surface area (Å²) in [5, 5.41) is 14.5. The van der Waals surface area contributed by atoms with Crippen molar-refractivity contribution >= 4 is 24.2 Å². The van der Waals surface area contributed by atoms with E-state index in [-0.39, 0.29) is 6.61 Å². The number of fused-ring (bicyclic) bond motifs is 1. The van der Waals surface area contributed by atoms with E-state index >= 15 is 0 Å². The van der Waals surface area contributed by atoms with Gasteiger partial charge in [-0.05, 0) is 36.2 Å². The lowest BCUT2D eigenvalue weighted by Gasteiger charge is -2.54. The van der Waals surface area contributed by atoms with E-state index in [0.717, 1.165) is 5.56 Å². The Morgan fingerprint density at radius 3 is 2.78 bits per heavy atom. The number of rotatable bonds is 5. The molecule has 8 nitrogen and oxygen atoms in total. The van der Waals surface area contributed by atoms with E-state index < -0.39 is 35.6 Å². The van der Waals surface area contributed by atoms with Crippen LogP contribution in [0.15, 0.2) is 53.6 Å². The summed E-state index contributed by atoms with van der Waals surface area (Å²) in [4.78, 5) is 3.15. The van der Waals surface area contributed by atoms with Crippen LogP contribution in [0.25, 0.3) is 10.4 Å². The molecule has 6 atom stereocenters. The highest BCUT2D eigenvalue weighted by Crippen LogP contribution is 2.50. The van der Waals surface area contributed by atoms with Gasteiger partial charge in [-0.1, -0.05) is 47.0 Å². The molecule has 0 aliphatic carbocycles. The molecule has 2 fully saturated rings. The summed E-state index contributed by atoms with van der Waals surface area (Å²) in [7, 11) is 0. The van der Waals surface area contributed by atoms with Crippen LogP contribution in [0.2, 0.25) is 5.02 Å². The monoisotopic (exact) mass is 472 g/mol. The van der Waals surface area contributed by atoms with Crippen molar-refractivity contribution in [3.05, 3.63) is 80.7 Å². The molecule has 2 heterocycles. The summed E-state index contributed by atoms with van der Waals surface area (Å²) < 4.78 is 24.4. The summed E-state index contributed by atoms with van der Waals surface area (Å²) in [5.41, 5.74) is 8.90. The van der Waals surface area contributed by atoms with Gasteiger partial charge < -0.3 is 18.9 Å². The van der Waals surface area contributed by atoms with Crippen molar-refractivity contribution in [2.75, 3.05) is 13.2 Å². The lowest BCUT2D eigenvalue weighted by Crippen LogP contribution is -2.66. The average molecular weight is 473 g/mol. The number of nitrogens with zero attached hydrogens (tertiary/aromatic N) is 4. The molecule has 0 saturated carbocycles. The molecular formula is C22H21ClN4O4S. The predicted octanol–water partition coefficient (Wildman–Crippen LogP) is 4.89. The van der Waals surface area contributed by atoms with Gasteiger partial charge in [0.25, 0.3) is 0 Å². The van der Waals surface area contributed by atoms with Crippen LogP contribution in [0, 0.1) is 11.3 Å². The molecule has 10 heteroatoms. The Labute approximate surface area is 196 Å². The van der Waals surface area contributed by atoms with Crippen LogP contribution in [0.5, 0.6) is 0 Å². The fourth-order valence-corrected chi connectivity index (χ4v) is 4.97. The normalized spacial score (nSPS) is 31.8. The van der Waals surface area contributed by atoms with E-state index in [4.69, 9.17) is 30.5 Å². The first-order chi connectivity index (χ1) is 15.5. The van der Waals surface area contributed by atoms with Crippen molar-refractivity contribution in [1.29, 1.82) is 5.26 Å². The molecule has 2 aliphatic rings.